The Hall–Kier alpha value is -1.10. The Labute approximate surface area is 95.6 Å². The zero-order chi connectivity index (χ0) is 12.3. The fraction of sp³-hybridized carbons (Fsp3) is 0.818. The van der Waals surface area contributed by atoms with Crippen molar-refractivity contribution < 1.29 is 14.7 Å². The first-order chi connectivity index (χ1) is 7.41. The molecule has 1 aliphatic heterocycles. The van der Waals surface area contributed by atoms with Crippen molar-refractivity contribution in [2.24, 2.45) is 17.1 Å². The first-order valence-electron chi connectivity index (χ1n) is 5.66. The molecule has 1 amide bonds. The molecule has 1 aliphatic rings. The molecule has 0 spiro atoms. The van der Waals surface area contributed by atoms with E-state index in [9.17, 15) is 14.7 Å². The molecule has 1 saturated heterocycles. The van der Waals surface area contributed by atoms with Crippen LogP contribution in [0.3, 0.4) is 0 Å². The molecule has 0 bridgehead atoms. The molecule has 0 aromatic carbocycles. The van der Waals surface area contributed by atoms with Crippen molar-refractivity contribution in [2.75, 3.05) is 19.6 Å². The third-order valence-electron chi connectivity index (χ3n) is 3.58. The first kappa shape index (κ1) is 13.0. The number of nitrogens with zero attached hydrogens (tertiary/aromatic N) is 1. The van der Waals surface area contributed by atoms with Gasteiger partial charge in [0.1, 0.15) is 0 Å². The van der Waals surface area contributed by atoms with Crippen LogP contribution in [0.4, 0.5) is 0 Å². The van der Waals surface area contributed by atoms with E-state index in [4.69, 9.17) is 5.73 Å². The van der Waals surface area contributed by atoms with Gasteiger partial charge in [0.15, 0.2) is 0 Å². The topological polar surface area (TPSA) is 83.6 Å². The number of nitrogens with two attached hydrogens (primary N) is 1. The number of hydrogen-bond acceptors (Lipinski definition) is 3. The van der Waals surface area contributed by atoms with Crippen LogP contribution in [0.5, 0.6) is 0 Å². The van der Waals surface area contributed by atoms with Gasteiger partial charge in [-0.1, -0.05) is 13.8 Å². The molecule has 5 heteroatoms. The van der Waals surface area contributed by atoms with Gasteiger partial charge >= 0.3 is 5.97 Å². The predicted molar refractivity (Wildman–Crippen MR) is 59.8 cm³/mol. The minimum Gasteiger partial charge on any atom is -0.481 e. The molecule has 0 saturated carbocycles. The van der Waals surface area contributed by atoms with Gasteiger partial charge in [0.2, 0.25) is 5.91 Å². The van der Waals surface area contributed by atoms with Gasteiger partial charge in [0.05, 0.1) is 5.41 Å². The standard InChI is InChI=1S/C11H20N2O3/c1-3-11(10(15)16)4-5-13(7-11)6-8(2)9(12)14/h8H,3-7H2,1-2H3,(H2,12,14)(H,15,16). The lowest BCUT2D eigenvalue weighted by atomic mass is 9.84. The van der Waals surface area contributed by atoms with Crippen LogP contribution in [0.1, 0.15) is 26.7 Å². The molecule has 1 fully saturated rings. The van der Waals surface area contributed by atoms with Gasteiger partial charge in [-0.15, -0.1) is 0 Å². The average Bonchev–Trinajstić information content (AvgIpc) is 2.62. The average molecular weight is 228 g/mol. The Morgan fingerprint density at radius 3 is 2.56 bits per heavy atom. The molecule has 2 atom stereocenters. The number of likely N-dealkylation sites (tertiary alicyclic amines) is 1. The summed E-state index contributed by atoms with van der Waals surface area (Å²) in [6.45, 7) is 5.49. The van der Waals surface area contributed by atoms with Crippen LogP contribution < -0.4 is 5.73 Å². The summed E-state index contributed by atoms with van der Waals surface area (Å²) in [5, 5.41) is 9.21. The summed E-state index contributed by atoms with van der Waals surface area (Å²) in [6, 6.07) is 0. The van der Waals surface area contributed by atoms with E-state index >= 15 is 0 Å². The number of carbonyl (C=O) groups is 2. The second kappa shape index (κ2) is 4.82. The van der Waals surface area contributed by atoms with E-state index < -0.39 is 11.4 Å². The molecule has 1 rings (SSSR count). The molecular weight excluding hydrogens is 208 g/mol. The van der Waals surface area contributed by atoms with E-state index in [1.807, 2.05) is 11.8 Å². The number of amides is 1. The normalized spacial score (nSPS) is 27.9. The maximum Gasteiger partial charge on any atom is 0.310 e. The molecule has 0 aromatic heterocycles. The smallest absolute Gasteiger partial charge is 0.310 e. The number of hydrogen-bond donors (Lipinski definition) is 2. The molecule has 2 unspecified atom stereocenters. The van der Waals surface area contributed by atoms with Gasteiger partial charge in [-0.3, -0.25) is 9.59 Å². The van der Waals surface area contributed by atoms with Crippen molar-refractivity contribution in [1.29, 1.82) is 0 Å². The molecular formula is C11H20N2O3. The van der Waals surface area contributed by atoms with E-state index in [-0.39, 0.29) is 11.8 Å². The predicted octanol–water partition coefficient (Wildman–Crippen LogP) is 0.295. The summed E-state index contributed by atoms with van der Waals surface area (Å²) in [6.07, 6.45) is 1.29. The molecule has 1 heterocycles. The summed E-state index contributed by atoms with van der Waals surface area (Å²) >= 11 is 0. The van der Waals surface area contributed by atoms with Crippen molar-refractivity contribution in [3.8, 4) is 0 Å². The van der Waals surface area contributed by atoms with E-state index in [1.165, 1.54) is 0 Å². The number of rotatable bonds is 5. The van der Waals surface area contributed by atoms with E-state index in [0.717, 1.165) is 6.54 Å². The quantitative estimate of drug-likeness (QED) is 0.708. The third kappa shape index (κ3) is 2.52. The summed E-state index contributed by atoms with van der Waals surface area (Å²) in [5.74, 6) is -1.28. The third-order valence-corrected chi connectivity index (χ3v) is 3.58. The molecule has 3 N–H and O–H groups in total. The number of aliphatic carboxylic acids is 1. The van der Waals surface area contributed by atoms with Crippen LogP contribution in [-0.2, 0) is 9.59 Å². The molecule has 0 aliphatic carbocycles. The molecule has 16 heavy (non-hydrogen) atoms. The van der Waals surface area contributed by atoms with Crippen molar-refractivity contribution in [3.63, 3.8) is 0 Å². The van der Waals surface area contributed by atoms with Crippen LogP contribution in [0.2, 0.25) is 0 Å². The second-order valence-corrected chi connectivity index (χ2v) is 4.73. The van der Waals surface area contributed by atoms with Crippen LogP contribution >= 0.6 is 0 Å². The number of carboxylic acid groups (broad SMARTS) is 1. The summed E-state index contributed by atoms with van der Waals surface area (Å²) < 4.78 is 0. The van der Waals surface area contributed by atoms with E-state index in [1.54, 1.807) is 6.92 Å². The Kier molecular flexibility index (Phi) is 3.91. The maximum atomic E-state index is 11.2. The second-order valence-electron chi connectivity index (χ2n) is 4.73. The zero-order valence-corrected chi connectivity index (χ0v) is 9.90. The van der Waals surface area contributed by atoms with Crippen LogP contribution in [-0.4, -0.2) is 41.5 Å². The summed E-state index contributed by atoms with van der Waals surface area (Å²) in [7, 11) is 0. The highest BCUT2D eigenvalue weighted by Gasteiger charge is 2.43. The van der Waals surface area contributed by atoms with Gasteiger partial charge in [-0.25, -0.2) is 0 Å². The van der Waals surface area contributed by atoms with Gasteiger partial charge in [0, 0.05) is 19.0 Å². The van der Waals surface area contributed by atoms with E-state index in [0.29, 0.717) is 25.9 Å². The number of carbonyl (C=O) groups excluding carboxylic acids is 1. The zero-order valence-electron chi connectivity index (χ0n) is 9.90. The van der Waals surface area contributed by atoms with Crippen LogP contribution in [0.25, 0.3) is 0 Å². The van der Waals surface area contributed by atoms with Crippen LogP contribution in [0, 0.1) is 11.3 Å². The molecule has 5 nitrogen and oxygen atoms in total. The minimum absolute atomic E-state index is 0.221. The lowest BCUT2D eigenvalue weighted by Gasteiger charge is -2.24. The Morgan fingerprint density at radius 2 is 2.19 bits per heavy atom. The highest BCUT2D eigenvalue weighted by molar-refractivity contribution is 5.77. The minimum atomic E-state index is -0.732. The largest absolute Gasteiger partial charge is 0.481 e. The molecule has 0 aromatic rings. The lowest BCUT2D eigenvalue weighted by molar-refractivity contribution is -0.148. The van der Waals surface area contributed by atoms with Gasteiger partial charge in [-0.05, 0) is 19.4 Å². The molecule has 92 valence electrons. The highest BCUT2D eigenvalue weighted by atomic mass is 16.4. The summed E-state index contributed by atoms with van der Waals surface area (Å²) in [5.41, 5.74) is 4.56. The van der Waals surface area contributed by atoms with Crippen molar-refractivity contribution in [3.05, 3.63) is 0 Å². The first-order valence-corrected chi connectivity index (χ1v) is 5.66. The maximum absolute atomic E-state index is 11.2. The fourth-order valence-electron chi connectivity index (χ4n) is 2.21. The van der Waals surface area contributed by atoms with Crippen molar-refractivity contribution >= 4 is 11.9 Å². The number of primary amides is 1. The summed E-state index contributed by atoms with van der Waals surface area (Å²) in [4.78, 5) is 24.2. The highest BCUT2D eigenvalue weighted by Crippen LogP contribution is 2.34. The Bertz CT molecular complexity index is 293. The number of carboxylic acids is 1. The molecule has 0 radical (unpaired) electrons. The SMILES string of the molecule is CCC1(C(=O)O)CCN(CC(C)C(N)=O)C1. The van der Waals surface area contributed by atoms with Crippen LogP contribution in [0.15, 0.2) is 0 Å². The van der Waals surface area contributed by atoms with Gasteiger partial charge < -0.3 is 15.7 Å². The van der Waals surface area contributed by atoms with E-state index in [2.05, 4.69) is 0 Å². The Balaban J connectivity index is 2.58. The fourth-order valence-corrected chi connectivity index (χ4v) is 2.21. The van der Waals surface area contributed by atoms with Gasteiger partial charge in [-0.2, -0.15) is 0 Å². The monoisotopic (exact) mass is 228 g/mol. The Morgan fingerprint density at radius 1 is 1.56 bits per heavy atom. The lowest BCUT2D eigenvalue weighted by Crippen LogP contribution is -2.37. The van der Waals surface area contributed by atoms with Gasteiger partial charge in [0.25, 0.3) is 0 Å². The van der Waals surface area contributed by atoms with Crippen molar-refractivity contribution in [1.82, 2.24) is 4.90 Å². The van der Waals surface area contributed by atoms with Crippen molar-refractivity contribution in [2.45, 2.75) is 26.7 Å².